The number of ketones is 1. The number of aryl methyl sites for hydroxylation is 3. The lowest BCUT2D eigenvalue weighted by atomic mass is 9.89. The van der Waals surface area contributed by atoms with Crippen molar-refractivity contribution in [1.82, 2.24) is 19.6 Å². The number of nitrogens with zero attached hydrogens (tertiary/aromatic N) is 3. The largest absolute Gasteiger partial charge is 0.488 e. The first-order valence-corrected chi connectivity index (χ1v) is 24.2. The van der Waals surface area contributed by atoms with Crippen molar-refractivity contribution in [2.45, 2.75) is 135 Å². The predicted molar refractivity (Wildman–Crippen MR) is 236 cm³/mol. The quantitative estimate of drug-likeness (QED) is 0.165. The first-order valence-electron chi connectivity index (χ1n) is 21.8. The van der Waals surface area contributed by atoms with E-state index in [4.69, 9.17) is 14.7 Å². The number of Topliss-reactive ketones (excluding diaryl/α,β-unsaturated/α-hetero) is 1. The summed E-state index contributed by atoms with van der Waals surface area (Å²) in [5, 5.41) is 3.62. The van der Waals surface area contributed by atoms with Crippen LogP contribution in [0.25, 0.3) is 21.6 Å². The maximum absolute atomic E-state index is 15.0. The molecule has 5 atom stereocenters. The monoisotopic (exact) mass is 868 g/mol. The van der Waals surface area contributed by atoms with E-state index in [0.29, 0.717) is 54.7 Å². The molecular formula is C48H57FN4O6S2. The predicted octanol–water partition coefficient (Wildman–Crippen LogP) is 9.24. The molecule has 1 N–H and O–H groups in total. The van der Waals surface area contributed by atoms with Crippen LogP contribution in [-0.2, 0) is 30.8 Å². The Morgan fingerprint density at radius 3 is 2.54 bits per heavy atom. The molecule has 0 radical (unpaired) electrons. The van der Waals surface area contributed by atoms with Gasteiger partial charge in [-0.05, 0) is 119 Å². The molecule has 2 aromatic carbocycles. The standard InChI is InChI=1S/C48H57FN4O6S2/c1-28(2)39-27-60-44(51-39)38-23-42(36-17-15-29(3)31(5)43(36)50-38)59-35-22-40-41(54)25-48(46(56)52-61(57,58)47(6)18-19-47)24-34(48)13-11-9-7-8-10-12-33(45(55)53(40)26-35)20-32-16-14-30(4)37(49)21-32/h11,13-17,21,23,27-28,33-35,40H,7-10,12,18-20,22,24-26H2,1-6H3,(H,52,56)/b13-11-/t33-,34+,35-,40+,48-/m1/s1. The highest BCUT2D eigenvalue weighted by atomic mass is 32.2. The summed E-state index contributed by atoms with van der Waals surface area (Å²) >= 11 is 1.53. The van der Waals surface area contributed by atoms with Crippen molar-refractivity contribution in [3.05, 3.63) is 87.7 Å². The van der Waals surface area contributed by atoms with E-state index >= 15 is 4.79 Å². The highest BCUT2D eigenvalue weighted by molar-refractivity contribution is 7.91. The third-order valence-corrected chi connectivity index (χ3v) is 16.8. The van der Waals surface area contributed by atoms with Crippen molar-refractivity contribution in [1.29, 1.82) is 0 Å². The number of carbonyl (C=O) groups is 3. The van der Waals surface area contributed by atoms with Gasteiger partial charge in [0.2, 0.25) is 21.8 Å². The number of fused-ring (bicyclic) bond motifs is 3. The van der Waals surface area contributed by atoms with Gasteiger partial charge >= 0.3 is 0 Å². The van der Waals surface area contributed by atoms with Gasteiger partial charge in [-0.25, -0.2) is 22.8 Å². The zero-order valence-corrected chi connectivity index (χ0v) is 37.7. The van der Waals surface area contributed by atoms with Gasteiger partial charge in [0.15, 0.2) is 5.78 Å². The smallest absolute Gasteiger partial charge is 0.240 e. The number of benzene rings is 2. The molecule has 4 aliphatic rings. The fourth-order valence-corrected chi connectivity index (χ4v) is 11.3. The number of nitrogens with one attached hydrogen (secondary N) is 1. The highest BCUT2D eigenvalue weighted by Gasteiger charge is 2.62. The van der Waals surface area contributed by atoms with E-state index in [1.54, 1.807) is 24.8 Å². The van der Waals surface area contributed by atoms with Crippen molar-refractivity contribution in [3.63, 3.8) is 0 Å². The van der Waals surface area contributed by atoms with Gasteiger partial charge in [-0.3, -0.25) is 19.1 Å². The number of ether oxygens (including phenoxy) is 1. The van der Waals surface area contributed by atoms with Crippen molar-refractivity contribution in [3.8, 4) is 16.5 Å². The van der Waals surface area contributed by atoms with Crippen molar-refractivity contribution in [2.75, 3.05) is 6.54 Å². The number of halogens is 1. The van der Waals surface area contributed by atoms with Gasteiger partial charge in [-0.1, -0.05) is 57.0 Å². The second-order valence-corrected chi connectivity index (χ2v) is 21.7. The van der Waals surface area contributed by atoms with E-state index in [1.807, 2.05) is 55.6 Å². The van der Waals surface area contributed by atoms with E-state index in [2.05, 4.69) is 18.6 Å². The van der Waals surface area contributed by atoms with Gasteiger partial charge in [0.05, 0.1) is 34.0 Å². The summed E-state index contributed by atoms with van der Waals surface area (Å²) in [4.78, 5) is 55.6. The van der Waals surface area contributed by atoms with Gasteiger partial charge in [-0.2, -0.15) is 0 Å². The molecule has 324 valence electrons. The first kappa shape index (κ1) is 43.2. The molecule has 2 amide bonds. The summed E-state index contributed by atoms with van der Waals surface area (Å²) in [5.41, 5.74) is 4.53. The number of amides is 2. The number of aromatic nitrogens is 2. The molecule has 2 aromatic heterocycles. The lowest BCUT2D eigenvalue weighted by Crippen LogP contribution is -2.47. The van der Waals surface area contributed by atoms with Crippen molar-refractivity contribution in [2.24, 2.45) is 17.3 Å². The van der Waals surface area contributed by atoms with Gasteiger partial charge in [0, 0.05) is 35.6 Å². The molecule has 4 heterocycles. The highest BCUT2D eigenvalue weighted by Crippen LogP contribution is 2.58. The topological polar surface area (TPSA) is 136 Å². The first-order chi connectivity index (χ1) is 29.0. The Balaban J connectivity index is 1.15. The SMILES string of the molecule is Cc1ccc(C[C@H]2CCCCC/C=C\[C@H]3C[C@@]3(C(=O)NS(=O)(=O)C3(C)CC3)CC(=O)[C@@H]3C[C@@H](Oc4cc(-c5nc(C(C)C)cs5)nc5c(C)c(C)ccc45)CN3C2=O)cc1F. The van der Waals surface area contributed by atoms with Crippen LogP contribution in [0.15, 0.2) is 53.9 Å². The lowest BCUT2D eigenvalue weighted by molar-refractivity contribution is -0.142. The van der Waals surface area contributed by atoms with E-state index < -0.39 is 44.2 Å². The fourth-order valence-electron chi connectivity index (χ4n) is 9.02. The minimum Gasteiger partial charge on any atom is -0.488 e. The maximum Gasteiger partial charge on any atom is 0.240 e. The van der Waals surface area contributed by atoms with Gasteiger partial charge in [-0.15, -0.1) is 11.3 Å². The van der Waals surface area contributed by atoms with Crippen LogP contribution < -0.4 is 9.46 Å². The van der Waals surface area contributed by atoms with Crippen LogP contribution >= 0.6 is 11.3 Å². The summed E-state index contributed by atoms with van der Waals surface area (Å²) in [6.07, 6.45) is 8.83. The van der Waals surface area contributed by atoms with Crippen LogP contribution in [-0.4, -0.2) is 64.3 Å². The summed E-state index contributed by atoms with van der Waals surface area (Å²) in [7, 11) is -3.95. The molecule has 61 heavy (non-hydrogen) atoms. The molecule has 0 spiro atoms. The van der Waals surface area contributed by atoms with Crippen LogP contribution in [0.5, 0.6) is 5.75 Å². The van der Waals surface area contributed by atoms with Crippen molar-refractivity contribution >= 4 is 49.9 Å². The number of sulfonamides is 1. The Morgan fingerprint density at radius 2 is 1.82 bits per heavy atom. The minimum atomic E-state index is -3.95. The zero-order valence-electron chi connectivity index (χ0n) is 36.1. The normalized spacial score (nSPS) is 26.0. The second kappa shape index (κ2) is 16.7. The molecule has 2 aliphatic heterocycles. The maximum atomic E-state index is 15.0. The number of pyridine rings is 1. The van der Waals surface area contributed by atoms with Gasteiger partial charge in [0.25, 0.3) is 0 Å². The van der Waals surface area contributed by atoms with E-state index in [1.165, 1.54) is 17.4 Å². The molecule has 8 rings (SSSR count). The molecule has 4 aromatic rings. The zero-order chi connectivity index (χ0) is 43.4. The number of thiazole rings is 1. The summed E-state index contributed by atoms with van der Waals surface area (Å²) in [6, 6.07) is 10.1. The number of hydrogen-bond acceptors (Lipinski definition) is 9. The number of rotatable bonds is 9. The molecule has 2 saturated carbocycles. The Kier molecular flexibility index (Phi) is 11.8. The molecule has 2 aliphatic carbocycles. The van der Waals surface area contributed by atoms with Crippen LogP contribution in [0.3, 0.4) is 0 Å². The molecule has 3 fully saturated rings. The number of allylic oxidation sites excluding steroid dienone is 2. The molecule has 0 unspecified atom stereocenters. The average molecular weight is 869 g/mol. The Morgan fingerprint density at radius 1 is 1.05 bits per heavy atom. The molecule has 13 heteroatoms. The number of hydrogen-bond donors (Lipinski definition) is 1. The van der Waals surface area contributed by atoms with Gasteiger partial charge < -0.3 is 9.64 Å². The van der Waals surface area contributed by atoms with Crippen LogP contribution in [0, 0.1) is 43.8 Å². The summed E-state index contributed by atoms with van der Waals surface area (Å²) in [6.45, 7) is 11.7. The lowest BCUT2D eigenvalue weighted by Gasteiger charge is -2.29. The number of carbonyl (C=O) groups excluding carboxylic acids is 3. The van der Waals surface area contributed by atoms with Crippen LogP contribution in [0.4, 0.5) is 4.39 Å². The second-order valence-electron chi connectivity index (χ2n) is 18.7. The average Bonchev–Trinajstić information content (AvgIpc) is 3.99. The molecular weight excluding hydrogens is 812 g/mol. The van der Waals surface area contributed by atoms with E-state index in [9.17, 15) is 22.4 Å². The Labute approximate surface area is 362 Å². The Hall–Kier alpha value is -4.49. The van der Waals surface area contributed by atoms with Gasteiger partial charge in [0.1, 0.15) is 28.4 Å². The van der Waals surface area contributed by atoms with E-state index in [-0.39, 0.29) is 48.7 Å². The summed E-state index contributed by atoms with van der Waals surface area (Å²) < 4.78 is 49.8. The Bertz CT molecular complexity index is 2530. The van der Waals surface area contributed by atoms with Crippen molar-refractivity contribution < 1.29 is 31.9 Å². The molecule has 0 bridgehead atoms. The fraction of sp³-hybridized carbons (Fsp3) is 0.521. The minimum absolute atomic E-state index is 0.127. The third kappa shape index (κ3) is 8.66. The van der Waals surface area contributed by atoms with Crippen LogP contribution in [0.1, 0.15) is 119 Å². The molecule has 10 nitrogen and oxygen atoms in total. The third-order valence-electron chi connectivity index (χ3n) is 13.8. The van der Waals surface area contributed by atoms with Crippen LogP contribution in [0.2, 0.25) is 0 Å². The van der Waals surface area contributed by atoms with E-state index in [0.717, 1.165) is 58.4 Å². The summed E-state index contributed by atoms with van der Waals surface area (Å²) in [5.74, 6) is -1.49. The molecule has 1 saturated heterocycles.